The van der Waals surface area contributed by atoms with Crippen LogP contribution in [-0.2, 0) is 11.8 Å². The van der Waals surface area contributed by atoms with Gasteiger partial charge in [0.1, 0.15) is 0 Å². The number of nitrogens with one attached hydrogen (secondary N) is 1. The van der Waals surface area contributed by atoms with Gasteiger partial charge in [0.2, 0.25) is 5.91 Å². The molecule has 1 aromatic heterocycles. The Hall–Kier alpha value is -2.18. The molecule has 0 aliphatic carbocycles. The molecule has 26 heavy (non-hydrogen) atoms. The highest BCUT2D eigenvalue weighted by atomic mass is 16.2. The van der Waals surface area contributed by atoms with Crippen molar-refractivity contribution in [1.29, 1.82) is 0 Å². The largest absolute Gasteiger partial charge is 0.322 e. The quantitative estimate of drug-likeness (QED) is 0.891. The van der Waals surface area contributed by atoms with Crippen LogP contribution in [0.5, 0.6) is 0 Å². The average Bonchev–Trinajstić information content (AvgIpc) is 3.11. The summed E-state index contributed by atoms with van der Waals surface area (Å²) in [4.78, 5) is 17.0. The number of likely N-dealkylation sites (N-methyl/N-ethyl adjacent to an activating group) is 1. The van der Waals surface area contributed by atoms with E-state index in [2.05, 4.69) is 65.5 Å². The van der Waals surface area contributed by atoms with Gasteiger partial charge in [0.05, 0.1) is 17.9 Å². The number of likely N-dealkylation sites (tertiary alicyclic amines) is 1. The van der Waals surface area contributed by atoms with E-state index in [0.717, 1.165) is 24.5 Å². The van der Waals surface area contributed by atoms with E-state index in [-0.39, 0.29) is 5.91 Å². The molecule has 6 heteroatoms. The summed E-state index contributed by atoms with van der Waals surface area (Å²) in [7, 11) is 6.10. The number of rotatable bonds is 5. The molecular weight excluding hydrogens is 326 g/mol. The molecule has 1 aliphatic heterocycles. The van der Waals surface area contributed by atoms with Gasteiger partial charge in [-0.25, -0.2) is 0 Å². The smallest absolute Gasteiger partial charge is 0.238 e. The molecule has 0 bridgehead atoms. The van der Waals surface area contributed by atoms with Crippen molar-refractivity contribution in [2.45, 2.75) is 25.8 Å². The number of aryl methyl sites for hydroxylation is 3. The van der Waals surface area contributed by atoms with E-state index in [0.29, 0.717) is 18.5 Å². The highest BCUT2D eigenvalue weighted by molar-refractivity contribution is 5.92. The van der Waals surface area contributed by atoms with E-state index in [1.807, 2.05) is 20.2 Å². The number of amides is 1. The van der Waals surface area contributed by atoms with Gasteiger partial charge in [0.25, 0.3) is 0 Å². The van der Waals surface area contributed by atoms with Crippen LogP contribution in [0.25, 0.3) is 0 Å². The highest BCUT2D eigenvalue weighted by Crippen LogP contribution is 2.30. The first-order valence-corrected chi connectivity index (χ1v) is 9.09. The van der Waals surface area contributed by atoms with Gasteiger partial charge in [-0.05, 0) is 33.5 Å². The fraction of sp³-hybridized carbons (Fsp3) is 0.500. The van der Waals surface area contributed by atoms with E-state index in [1.165, 1.54) is 11.1 Å². The first kappa shape index (κ1) is 18.6. The van der Waals surface area contributed by atoms with Crippen molar-refractivity contribution < 1.29 is 4.79 Å². The zero-order chi connectivity index (χ0) is 18.8. The Morgan fingerprint density at radius 2 is 1.92 bits per heavy atom. The van der Waals surface area contributed by atoms with Crippen LogP contribution in [-0.4, -0.2) is 65.3 Å². The Morgan fingerprint density at radius 3 is 2.50 bits per heavy atom. The summed E-state index contributed by atoms with van der Waals surface area (Å²) in [5.74, 6) is 0.432. The second kappa shape index (κ2) is 7.60. The molecule has 0 unspecified atom stereocenters. The zero-order valence-corrected chi connectivity index (χ0v) is 16.4. The predicted octanol–water partition coefficient (Wildman–Crippen LogP) is 2.01. The van der Waals surface area contributed by atoms with Crippen LogP contribution in [0.2, 0.25) is 0 Å². The van der Waals surface area contributed by atoms with Crippen LogP contribution >= 0.6 is 0 Å². The van der Waals surface area contributed by atoms with Crippen molar-refractivity contribution in [1.82, 2.24) is 19.6 Å². The second-order valence-corrected chi connectivity index (χ2v) is 7.59. The van der Waals surface area contributed by atoms with Gasteiger partial charge in [-0.3, -0.25) is 14.4 Å². The number of anilines is 1. The lowest BCUT2D eigenvalue weighted by Crippen LogP contribution is -2.36. The fourth-order valence-electron chi connectivity index (χ4n) is 3.77. The Morgan fingerprint density at radius 1 is 1.23 bits per heavy atom. The summed E-state index contributed by atoms with van der Waals surface area (Å²) < 4.78 is 1.72. The van der Waals surface area contributed by atoms with Crippen LogP contribution in [0.3, 0.4) is 0 Å². The standard InChI is InChI=1S/C20H29N5O/c1-14-6-8-16(9-7-14)17-10-25(12-19(17)23(3)4)13-20(26)21-18-11-24(5)22-15(18)2/h6-9,11,17,19H,10,12-13H2,1-5H3,(H,21,26)/t17-,19+/m1/s1. The topological polar surface area (TPSA) is 53.4 Å². The molecule has 140 valence electrons. The Labute approximate surface area is 155 Å². The van der Waals surface area contributed by atoms with Crippen LogP contribution in [0.4, 0.5) is 5.69 Å². The summed E-state index contributed by atoms with van der Waals surface area (Å²) in [6, 6.07) is 9.19. The summed E-state index contributed by atoms with van der Waals surface area (Å²) in [6.45, 7) is 6.21. The summed E-state index contributed by atoms with van der Waals surface area (Å²) >= 11 is 0. The summed E-state index contributed by atoms with van der Waals surface area (Å²) in [5.41, 5.74) is 4.25. The number of aromatic nitrogens is 2. The van der Waals surface area contributed by atoms with Crippen molar-refractivity contribution in [2.75, 3.05) is 39.0 Å². The maximum Gasteiger partial charge on any atom is 0.238 e. The number of nitrogens with zero attached hydrogens (tertiary/aromatic N) is 4. The fourth-order valence-corrected chi connectivity index (χ4v) is 3.77. The van der Waals surface area contributed by atoms with E-state index in [1.54, 1.807) is 4.68 Å². The zero-order valence-electron chi connectivity index (χ0n) is 16.4. The molecule has 0 saturated carbocycles. The Bertz CT molecular complexity index is 765. The van der Waals surface area contributed by atoms with Crippen molar-refractivity contribution in [3.63, 3.8) is 0 Å². The molecule has 2 aromatic rings. The molecule has 1 fully saturated rings. The van der Waals surface area contributed by atoms with Gasteiger partial charge in [0.15, 0.2) is 0 Å². The van der Waals surface area contributed by atoms with Crippen LogP contribution in [0, 0.1) is 13.8 Å². The molecule has 2 heterocycles. The minimum Gasteiger partial charge on any atom is -0.322 e. The molecular formula is C20H29N5O. The monoisotopic (exact) mass is 355 g/mol. The molecule has 3 rings (SSSR count). The first-order chi connectivity index (χ1) is 12.3. The summed E-state index contributed by atoms with van der Waals surface area (Å²) in [6.07, 6.45) is 1.84. The number of carbonyl (C=O) groups excluding carboxylic acids is 1. The van der Waals surface area contributed by atoms with E-state index in [9.17, 15) is 4.79 Å². The highest BCUT2D eigenvalue weighted by Gasteiger charge is 2.35. The second-order valence-electron chi connectivity index (χ2n) is 7.59. The van der Waals surface area contributed by atoms with Crippen LogP contribution < -0.4 is 5.32 Å². The van der Waals surface area contributed by atoms with Crippen LogP contribution in [0.1, 0.15) is 22.7 Å². The van der Waals surface area contributed by atoms with Gasteiger partial charge in [-0.1, -0.05) is 29.8 Å². The van der Waals surface area contributed by atoms with Crippen LogP contribution in [0.15, 0.2) is 30.5 Å². The van der Waals surface area contributed by atoms with Crippen molar-refractivity contribution >= 4 is 11.6 Å². The van der Waals surface area contributed by atoms with E-state index in [4.69, 9.17) is 0 Å². The molecule has 6 nitrogen and oxygen atoms in total. The first-order valence-electron chi connectivity index (χ1n) is 9.09. The predicted molar refractivity (Wildman–Crippen MR) is 104 cm³/mol. The molecule has 1 saturated heterocycles. The molecule has 0 radical (unpaired) electrons. The minimum absolute atomic E-state index is 0.0168. The van der Waals surface area contributed by atoms with Gasteiger partial charge in [-0.15, -0.1) is 0 Å². The van der Waals surface area contributed by atoms with E-state index < -0.39 is 0 Å². The lowest BCUT2D eigenvalue weighted by atomic mass is 9.93. The maximum atomic E-state index is 12.5. The van der Waals surface area contributed by atoms with Crippen molar-refractivity contribution in [2.24, 2.45) is 7.05 Å². The molecule has 1 amide bonds. The van der Waals surface area contributed by atoms with Crippen molar-refractivity contribution in [3.8, 4) is 0 Å². The SMILES string of the molecule is Cc1ccc([C@H]2CN(CC(=O)Nc3cn(C)nc3C)C[C@@H]2N(C)C)cc1. The third kappa shape index (κ3) is 4.14. The number of hydrogen-bond acceptors (Lipinski definition) is 4. The normalized spacial score (nSPS) is 20.7. The van der Waals surface area contributed by atoms with Gasteiger partial charge >= 0.3 is 0 Å². The number of carbonyl (C=O) groups is 1. The van der Waals surface area contributed by atoms with Gasteiger partial charge in [0, 0.05) is 38.3 Å². The Balaban J connectivity index is 1.66. The molecule has 2 atom stereocenters. The molecule has 1 aromatic carbocycles. The van der Waals surface area contributed by atoms with Crippen molar-refractivity contribution in [3.05, 3.63) is 47.3 Å². The average molecular weight is 355 g/mol. The lowest BCUT2D eigenvalue weighted by molar-refractivity contribution is -0.117. The Kier molecular flexibility index (Phi) is 5.44. The molecule has 1 N–H and O–H groups in total. The third-order valence-corrected chi connectivity index (χ3v) is 5.19. The number of hydrogen-bond donors (Lipinski definition) is 1. The van der Waals surface area contributed by atoms with Gasteiger partial charge in [-0.2, -0.15) is 5.10 Å². The molecule has 0 spiro atoms. The minimum atomic E-state index is 0.0168. The van der Waals surface area contributed by atoms with E-state index >= 15 is 0 Å². The lowest BCUT2D eigenvalue weighted by Gasteiger charge is -2.25. The summed E-state index contributed by atoms with van der Waals surface area (Å²) in [5, 5.41) is 7.26. The third-order valence-electron chi connectivity index (χ3n) is 5.19. The maximum absolute atomic E-state index is 12.5. The number of benzene rings is 1. The molecule has 1 aliphatic rings. The van der Waals surface area contributed by atoms with Gasteiger partial charge < -0.3 is 10.2 Å².